The van der Waals surface area contributed by atoms with Gasteiger partial charge in [-0.15, -0.1) is 0 Å². The Bertz CT molecular complexity index is 1360. The molecule has 0 aliphatic carbocycles. The number of aryl methyl sites for hydroxylation is 1. The summed E-state index contributed by atoms with van der Waals surface area (Å²) < 4.78 is 14.1. The van der Waals surface area contributed by atoms with E-state index in [9.17, 15) is 14.9 Å². The molecule has 1 heterocycles. The van der Waals surface area contributed by atoms with Crippen molar-refractivity contribution >= 4 is 84.7 Å². The molecule has 4 rings (SSSR count). The van der Waals surface area contributed by atoms with Crippen LogP contribution in [-0.2, 0) is 16.1 Å². The fourth-order valence-electron chi connectivity index (χ4n) is 3.20. The minimum atomic E-state index is -0.613. The van der Waals surface area contributed by atoms with Crippen molar-refractivity contribution in [3.8, 4) is 5.75 Å². The number of cyclic esters (lactones) is 1. The number of halogens is 3. The molecule has 7 nitrogen and oxygen atoms in total. The van der Waals surface area contributed by atoms with Crippen molar-refractivity contribution in [3.05, 3.63) is 104 Å². The minimum absolute atomic E-state index is 0.0390. The molecule has 0 unspecified atom stereocenters. The Kier molecular flexibility index (Phi) is 7.67. The SMILES string of the molecule is Cc1ccc(C2=N/C(=C\c3cc(I)c(OCc4ccccc4Br)c(I)c3)C(=O)O2)cc1[N+](=O)[O-]. The predicted octanol–water partition coefficient (Wildman–Crippen LogP) is 6.80. The van der Waals surface area contributed by atoms with Gasteiger partial charge in [-0.1, -0.05) is 40.2 Å². The molecule has 0 amide bonds. The van der Waals surface area contributed by atoms with E-state index in [1.54, 1.807) is 25.1 Å². The number of ether oxygens (including phenoxy) is 2. The van der Waals surface area contributed by atoms with E-state index in [1.807, 2.05) is 36.4 Å². The van der Waals surface area contributed by atoms with Gasteiger partial charge in [0.25, 0.3) is 5.69 Å². The molecule has 1 aliphatic heterocycles. The summed E-state index contributed by atoms with van der Waals surface area (Å²) in [5, 5.41) is 11.2. The molecule has 0 fully saturated rings. The quantitative estimate of drug-likeness (QED) is 0.0912. The maximum absolute atomic E-state index is 12.4. The summed E-state index contributed by atoms with van der Waals surface area (Å²) in [6.07, 6.45) is 1.62. The maximum Gasteiger partial charge on any atom is 0.363 e. The van der Waals surface area contributed by atoms with Gasteiger partial charge in [0.15, 0.2) is 5.70 Å². The summed E-state index contributed by atoms with van der Waals surface area (Å²) in [5.41, 5.74) is 2.73. The average molecular weight is 745 g/mol. The van der Waals surface area contributed by atoms with Crippen molar-refractivity contribution in [3.63, 3.8) is 0 Å². The first kappa shape index (κ1) is 24.8. The second kappa shape index (κ2) is 10.5. The Labute approximate surface area is 230 Å². The lowest BCUT2D eigenvalue weighted by atomic mass is 10.1. The largest absolute Gasteiger partial charge is 0.487 e. The molecule has 0 saturated heterocycles. The van der Waals surface area contributed by atoms with Gasteiger partial charge < -0.3 is 9.47 Å². The number of carbonyl (C=O) groups is 1. The molecular formula is C24H15BrI2N2O5. The molecular weight excluding hydrogens is 730 g/mol. The van der Waals surface area contributed by atoms with Crippen LogP contribution in [0.4, 0.5) is 5.69 Å². The van der Waals surface area contributed by atoms with E-state index >= 15 is 0 Å². The Morgan fingerprint density at radius 2 is 1.85 bits per heavy atom. The van der Waals surface area contributed by atoms with Crippen LogP contribution in [0.2, 0.25) is 0 Å². The third-order valence-electron chi connectivity index (χ3n) is 4.93. The number of nitro groups is 1. The highest BCUT2D eigenvalue weighted by atomic mass is 127. The first-order valence-electron chi connectivity index (χ1n) is 9.86. The summed E-state index contributed by atoms with van der Waals surface area (Å²) in [6, 6.07) is 16.2. The zero-order chi connectivity index (χ0) is 24.4. The van der Waals surface area contributed by atoms with Gasteiger partial charge in [0.2, 0.25) is 5.90 Å². The number of carbonyl (C=O) groups excluding carboxylic acids is 1. The van der Waals surface area contributed by atoms with Crippen LogP contribution in [0.15, 0.2) is 69.8 Å². The molecule has 0 N–H and O–H groups in total. The highest BCUT2D eigenvalue weighted by Gasteiger charge is 2.26. The van der Waals surface area contributed by atoms with Crippen LogP contribution >= 0.6 is 61.1 Å². The number of hydrogen-bond acceptors (Lipinski definition) is 6. The lowest BCUT2D eigenvalue weighted by Crippen LogP contribution is -2.06. The van der Waals surface area contributed by atoms with Crippen molar-refractivity contribution in [2.75, 3.05) is 0 Å². The molecule has 0 spiro atoms. The van der Waals surface area contributed by atoms with Crippen molar-refractivity contribution in [1.82, 2.24) is 0 Å². The van der Waals surface area contributed by atoms with Gasteiger partial charge in [-0.2, -0.15) is 0 Å². The topological polar surface area (TPSA) is 91.0 Å². The molecule has 172 valence electrons. The Hall–Kier alpha value is -2.32. The van der Waals surface area contributed by atoms with Gasteiger partial charge in [-0.25, -0.2) is 9.79 Å². The third kappa shape index (κ3) is 5.49. The summed E-state index contributed by atoms with van der Waals surface area (Å²) in [7, 11) is 0. The van der Waals surface area contributed by atoms with Crippen molar-refractivity contribution in [2.45, 2.75) is 13.5 Å². The van der Waals surface area contributed by atoms with E-state index < -0.39 is 10.9 Å². The average Bonchev–Trinajstić information content (AvgIpc) is 3.14. The molecule has 10 heteroatoms. The second-order valence-electron chi connectivity index (χ2n) is 7.29. The molecule has 0 bridgehead atoms. The van der Waals surface area contributed by atoms with E-state index in [1.165, 1.54) is 6.07 Å². The molecule has 0 atom stereocenters. The van der Waals surface area contributed by atoms with Crippen molar-refractivity contribution in [1.29, 1.82) is 0 Å². The van der Waals surface area contributed by atoms with Crippen LogP contribution in [0.25, 0.3) is 6.08 Å². The van der Waals surface area contributed by atoms with Gasteiger partial charge >= 0.3 is 5.97 Å². The molecule has 0 aromatic heterocycles. The smallest absolute Gasteiger partial charge is 0.363 e. The zero-order valence-corrected chi connectivity index (χ0v) is 23.5. The van der Waals surface area contributed by atoms with Crippen LogP contribution in [0.3, 0.4) is 0 Å². The maximum atomic E-state index is 12.4. The van der Waals surface area contributed by atoms with Gasteiger partial charge in [0, 0.05) is 27.2 Å². The van der Waals surface area contributed by atoms with E-state index in [4.69, 9.17) is 9.47 Å². The van der Waals surface area contributed by atoms with E-state index in [-0.39, 0.29) is 17.3 Å². The van der Waals surface area contributed by atoms with E-state index in [2.05, 4.69) is 66.1 Å². The second-order valence-corrected chi connectivity index (χ2v) is 10.5. The van der Waals surface area contributed by atoms with Crippen LogP contribution in [0.1, 0.15) is 22.3 Å². The lowest BCUT2D eigenvalue weighted by molar-refractivity contribution is -0.385. The minimum Gasteiger partial charge on any atom is -0.487 e. The normalized spacial score (nSPS) is 14.2. The van der Waals surface area contributed by atoms with Crippen LogP contribution < -0.4 is 4.74 Å². The zero-order valence-electron chi connectivity index (χ0n) is 17.6. The Morgan fingerprint density at radius 1 is 1.15 bits per heavy atom. The molecule has 3 aromatic carbocycles. The van der Waals surface area contributed by atoms with Gasteiger partial charge in [-0.3, -0.25) is 10.1 Å². The third-order valence-corrected chi connectivity index (χ3v) is 7.30. The van der Waals surface area contributed by atoms with Crippen molar-refractivity contribution in [2.24, 2.45) is 4.99 Å². The van der Waals surface area contributed by atoms with Gasteiger partial charge in [0.05, 0.1) is 12.1 Å². The summed E-state index contributed by atoms with van der Waals surface area (Å²) in [6.45, 7) is 2.06. The molecule has 3 aromatic rings. The van der Waals surface area contributed by atoms with Crippen molar-refractivity contribution < 1.29 is 19.2 Å². The number of rotatable bonds is 6. The molecule has 34 heavy (non-hydrogen) atoms. The number of nitro benzene ring substituents is 1. The van der Waals surface area contributed by atoms with E-state index in [0.29, 0.717) is 17.7 Å². The van der Waals surface area contributed by atoms with Gasteiger partial charge in [-0.05, 0) is 88.0 Å². The standard InChI is InChI=1S/C24H15BrI2N2O5/c1-13-6-7-15(11-21(13)29(31)32)23-28-20(24(30)34-23)10-14-8-18(26)22(19(27)9-14)33-12-16-4-2-3-5-17(16)25/h2-11H,12H2,1H3/b20-10-. The number of benzene rings is 3. The fraction of sp³-hybridized carbons (Fsp3) is 0.0833. The summed E-state index contributed by atoms with van der Waals surface area (Å²) in [4.78, 5) is 27.4. The monoisotopic (exact) mass is 744 g/mol. The summed E-state index contributed by atoms with van der Waals surface area (Å²) in [5.74, 6) is 0.180. The Morgan fingerprint density at radius 3 is 2.53 bits per heavy atom. The number of esters is 1. The van der Waals surface area contributed by atoms with Crippen LogP contribution in [0.5, 0.6) is 5.75 Å². The first-order valence-corrected chi connectivity index (χ1v) is 12.8. The highest BCUT2D eigenvalue weighted by molar-refractivity contribution is 14.1. The van der Waals surface area contributed by atoms with Crippen LogP contribution in [-0.4, -0.2) is 16.8 Å². The molecule has 0 radical (unpaired) electrons. The fourth-order valence-corrected chi connectivity index (χ4v) is 5.72. The number of nitrogens with zero attached hydrogens (tertiary/aromatic N) is 2. The number of hydrogen-bond donors (Lipinski definition) is 0. The Balaban J connectivity index is 1.58. The highest BCUT2D eigenvalue weighted by Crippen LogP contribution is 2.32. The first-order chi connectivity index (χ1) is 16.2. The summed E-state index contributed by atoms with van der Waals surface area (Å²) >= 11 is 7.92. The van der Waals surface area contributed by atoms with Gasteiger partial charge in [0.1, 0.15) is 12.4 Å². The lowest BCUT2D eigenvalue weighted by Gasteiger charge is -2.12. The molecule has 1 aliphatic rings. The van der Waals surface area contributed by atoms with E-state index in [0.717, 1.165) is 28.5 Å². The molecule has 0 saturated carbocycles. The number of aliphatic imine (C=N–C) groups is 1. The van der Waals surface area contributed by atoms with Crippen LogP contribution in [0, 0.1) is 24.2 Å². The predicted molar refractivity (Wildman–Crippen MR) is 149 cm³/mol.